The van der Waals surface area contributed by atoms with Gasteiger partial charge >= 0.3 is 0 Å². The lowest BCUT2D eigenvalue weighted by molar-refractivity contribution is 0.180. The molecule has 1 N–H and O–H groups in total. The first-order chi connectivity index (χ1) is 6.88. The summed E-state index contributed by atoms with van der Waals surface area (Å²) in [6.45, 7) is 8.00. The highest BCUT2D eigenvalue weighted by Crippen LogP contribution is 2.29. The van der Waals surface area contributed by atoms with E-state index in [0.717, 1.165) is 18.4 Å². The van der Waals surface area contributed by atoms with Gasteiger partial charge < -0.3 is 5.11 Å². The van der Waals surface area contributed by atoms with E-state index in [1.807, 2.05) is 45.9 Å². The Bertz CT molecular complexity index is 243. The maximum Gasteiger partial charge on any atom is 0.0795 e. The van der Waals surface area contributed by atoms with Gasteiger partial charge in [0, 0.05) is 0 Å². The zero-order chi connectivity index (χ0) is 11.0. The molecule has 1 aromatic carbocycles. The van der Waals surface area contributed by atoms with Gasteiger partial charge in [-0.1, -0.05) is 52.0 Å². The van der Waals surface area contributed by atoms with Gasteiger partial charge in [-0.15, -0.1) is 0 Å². The van der Waals surface area contributed by atoms with Crippen LogP contribution in [0.2, 0.25) is 0 Å². The minimum absolute atomic E-state index is 0.198. The number of hydrogen-bond acceptors (Lipinski definition) is 1. The van der Waals surface area contributed by atoms with E-state index in [1.54, 1.807) is 0 Å². The second kappa shape index (κ2) is 7.57. The first-order valence-electron chi connectivity index (χ1n) is 5.64. The summed E-state index contributed by atoms with van der Waals surface area (Å²) in [5, 5.41) is 9.38. The molecule has 0 aliphatic heterocycles. The van der Waals surface area contributed by atoms with Crippen LogP contribution < -0.4 is 0 Å². The molecule has 2 rings (SSSR count). The smallest absolute Gasteiger partial charge is 0.0795 e. The van der Waals surface area contributed by atoms with Crippen LogP contribution in [0.25, 0.3) is 0 Å². The van der Waals surface area contributed by atoms with Crippen molar-refractivity contribution in [2.45, 2.75) is 46.6 Å². The number of hydrogen-bond donors (Lipinski definition) is 1. The van der Waals surface area contributed by atoms with Crippen LogP contribution in [0.3, 0.4) is 0 Å². The van der Waals surface area contributed by atoms with Crippen LogP contribution >= 0.6 is 0 Å². The lowest BCUT2D eigenvalue weighted by atomic mass is 10.1. The van der Waals surface area contributed by atoms with Crippen molar-refractivity contribution in [2.75, 3.05) is 0 Å². The fourth-order valence-corrected chi connectivity index (χ4v) is 1.53. The number of aliphatic hydroxyl groups excluding tert-OH is 1. The molecular weight excluding hydrogens is 172 g/mol. The average molecular weight is 194 g/mol. The highest BCUT2D eigenvalue weighted by molar-refractivity contribution is 5.32. The van der Waals surface area contributed by atoms with Crippen LogP contribution in [0.1, 0.15) is 51.3 Å². The highest BCUT2D eigenvalue weighted by Gasteiger charge is 2.18. The van der Waals surface area contributed by atoms with Crippen molar-refractivity contribution in [2.24, 2.45) is 0 Å². The van der Waals surface area contributed by atoms with Crippen LogP contribution in [-0.2, 0) is 6.42 Å². The van der Waals surface area contributed by atoms with Crippen molar-refractivity contribution in [1.82, 2.24) is 0 Å². The summed E-state index contributed by atoms with van der Waals surface area (Å²) in [7, 11) is 0. The van der Waals surface area contributed by atoms with Gasteiger partial charge in [0.25, 0.3) is 0 Å². The number of aryl methyl sites for hydroxylation is 1. The number of aliphatic hydroxyl groups is 1. The van der Waals surface area contributed by atoms with Crippen molar-refractivity contribution < 1.29 is 5.11 Å². The molecule has 1 aromatic rings. The van der Waals surface area contributed by atoms with Gasteiger partial charge in [-0.3, -0.25) is 0 Å². The second-order valence-corrected chi connectivity index (χ2v) is 2.75. The van der Waals surface area contributed by atoms with Gasteiger partial charge in [0.15, 0.2) is 0 Å². The summed E-state index contributed by atoms with van der Waals surface area (Å²) in [5.74, 6) is 0. The van der Waals surface area contributed by atoms with E-state index in [1.165, 1.54) is 5.56 Å². The largest absolute Gasteiger partial charge is 0.388 e. The zero-order valence-corrected chi connectivity index (χ0v) is 9.75. The summed E-state index contributed by atoms with van der Waals surface area (Å²) in [6.07, 6.45) is 1.74. The van der Waals surface area contributed by atoms with Crippen molar-refractivity contribution >= 4 is 0 Å². The lowest BCUT2D eigenvalue weighted by Crippen LogP contribution is -1.88. The minimum Gasteiger partial charge on any atom is -0.388 e. The monoisotopic (exact) mass is 194 g/mol. The molecule has 1 atom stereocenters. The molecule has 0 aromatic heterocycles. The fraction of sp³-hybridized carbons (Fsp3) is 0.538. The van der Waals surface area contributed by atoms with Crippen molar-refractivity contribution in [3.8, 4) is 0 Å². The van der Waals surface area contributed by atoms with Gasteiger partial charge in [-0.2, -0.15) is 0 Å². The first kappa shape index (κ1) is 13.2. The molecule has 0 heterocycles. The molecular formula is C13H22O. The second-order valence-electron chi connectivity index (χ2n) is 2.75. The minimum atomic E-state index is -0.198. The quantitative estimate of drug-likeness (QED) is 0.667. The Balaban J connectivity index is 0.000000379. The predicted molar refractivity (Wildman–Crippen MR) is 62.4 cm³/mol. The van der Waals surface area contributed by atoms with E-state index in [9.17, 15) is 5.11 Å². The Labute approximate surface area is 87.8 Å². The molecule has 0 fully saturated rings. The van der Waals surface area contributed by atoms with E-state index < -0.39 is 0 Å². The Morgan fingerprint density at radius 1 is 1.07 bits per heavy atom. The number of rotatable bonds is 0. The first-order valence-corrected chi connectivity index (χ1v) is 5.64. The summed E-state index contributed by atoms with van der Waals surface area (Å²) >= 11 is 0. The molecule has 0 radical (unpaired) electrons. The molecule has 0 spiro atoms. The Morgan fingerprint density at radius 3 is 2.21 bits per heavy atom. The van der Waals surface area contributed by atoms with Crippen molar-refractivity contribution in [1.29, 1.82) is 0 Å². The van der Waals surface area contributed by atoms with Crippen LogP contribution in [0.15, 0.2) is 24.3 Å². The molecule has 1 aliphatic carbocycles. The van der Waals surface area contributed by atoms with Crippen LogP contribution in [0, 0.1) is 0 Å². The Kier molecular flexibility index (Phi) is 7.13. The molecule has 0 saturated carbocycles. The van der Waals surface area contributed by atoms with Gasteiger partial charge in [0.2, 0.25) is 0 Å². The third-order valence-corrected chi connectivity index (χ3v) is 2.10. The maximum atomic E-state index is 9.38. The van der Waals surface area contributed by atoms with Crippen LogP contribution in [-0.4, -0.2) is 5.11 Å². The lowest BCUT2D eigenvalue weighted by Gasteiger charge is -2.00. The van der Waals surface area contributed by atoms with Crippen molar-refractivity contribution in [3.05, 3.63) is 35.4 Å². The summed E-state index contributed by atoms with van der Waals surface area (Å²) in [4.78, 5) is 0. The molecule has 1 nitrogen and oxygen atoms in total. The van der Waals surface area contributed by atoms with E-state index in [-0.39, 0.29) is 6.10 Å². The normalized spacial score (nSPS) is 17.1. The van der Waals surface area contributed by atoms with E-state index in [4.69, 9.17) is 0 Å². The molecule has 80 valence electrons. The summed E-state index contributed by atoms with van der Waals surface area (Å²) in [6, 6.07) is 8.10. The van der Waals surface area contributed by atoms with Gasteiger partial charge in [0.05, 0.1) is 6.10 Å². The number of fused-ring (bicyclic) bond motifs is 1. The maximum absolute atomic E-state index is 9.38. The molecule has 14 heavy (non-hydrogen) atoms. The third kappa shape index (κ3) is 3.15. The third-order valence-electron chi connectivity index (χ3n) is 2.10. The average Bonchev–Trinajstić information content (AvgIpc) is 2.67. The Hall–Kier alpha value is -0.820. The topological polar surface area (TPSA) is 20.2 Å². The fourth-order valence-electron chi connectivity index (χ4n) is 1.53. The highest BCUT2D eigenvalue weighted by atomic mass is 16.3. The predicted octanol–water partition coefficient (Wildman–Crippen LogP) is 3.72. The standard InChI is InChI=1S/C9H10O.2C2H6/c10-9-6-5-7-3-1-2-4-8(7)9;2*1-2/h1-4,9-10H,5-6H2;2*1-2H3/t9-;;/m0../s1. The van der Waals surface area contributed by atoms with E-state index in [0.29, 0.717) is 0 Å². The van der Waals surface area contributed by atoms with Gasteiger partial charge in [-0.25, -0.2) is 0 Å². The molecule has 1 aliphatic rings. The summed E-state index contributed by atoms with van der Waals surface area (Å²) in [5.41, 5.74) is 2.44. The molecule has 0 saturated heterocycles. The van der Waals surface area contributed by atoms with Gasteiger partial charge in [-0.05, 0) is 24.0 Å². The van der Waals surface area contributed by atoms with E-state index in [2.05, 4.69) is 6.07 Å². The molecule has 0 amide bonds. The molecule has 0 unspecified atom stereocenters. The zero-order valence-electron chi connectivity index (χ0n) is 9.75. The Morgan fingerprint density at radius 2 is 1.64 bits per heavy atom. The summed E-state index contributed by atoms with van der Waals surface area (Å²) < 4.78 is 0. The van der Waals surface area contributed by atoms with Crippen molar-refractivity contribution in [3.63, 3.8) is 0 Å². The van der Waals surface area contributed by atoms with Crippen LogP contribution in [0.5, 0.6) is 0 Å². The number of benzene rings is 1. The van der Waals surface area contributed by atoms with Crippen LogP contribution in [0.4, 0.5) is 0 Å². The molecule has 0 bridgehead atoms. The van der Waals surface area contributed by atoms with E-state index >= 15 is 0 Å². The van der Waals surface area contributed by atoms with Gasteiger partial charge in [0.1, 0.15) is 0 Å². The SMILES string of the molecule is CC.CC.O[C@H]1CCc2ccccc21. The molecule has 1 heteroatoms.